The lowest BCUT2D eigenvalue weighted by Crippen LogP contribution is -2.68. The van der Waals surface area contributed by atoms with Gasteiger partial charge in [0.1, 0.15) is 79.4 Å². The molecule has 0 bridgehead atoms. The summed E-state index contributed by atoms with van der Waals surface area (Å²) in [5.74, 6) is 0. The van der Waals surface area contributed by atoms with E-state index in [1.807, 2.05) is 0 Å². The van der Waals surface area contributed by atoms with Gasteiger partial charge in [-0.2, -0.15) is 0 Å². The topological polar surface area (TPSA) is 353 Å². The van der Waals surface area contributed by atoms with Gasteiger partial charge < -0.3 is 101 Å². The first-order valence-electron chi connectivity index (χ1n) is 14.1. The van der Waals surface area contributed by atoms with E-state index >= 15 is 0 Å². The Morgan fingerprint density at radius 1 is 0.644 bits per heavy atom. The Kier molecular flexibility index (Phi) is 13.6. The fraction of sp³-hybridized carbons (Fsp3) is 0.920. The van der Waals surface area contributed by atoms with E-state index in [4.69, 9.17) is 23.7 Å². The molecule has 45 heavy (non-hydrogen) atoms. The number of rotatable bonds is 9. The molecule has 4 aliphatic rings. The highest BCUT2D eigenvalue weighted by Gasteiger charge is 2.53. The molecule has 0 spiro atoms. The van der Waals surface area contributed by atoms with Crippen molar-refractivity contribution in [2.45, 2.75) is 123 Å². The smallest absolute Gasteiger partial charge is 0.187 e. The van der Waals surface area contributed by atoms with E-state index in [0.717, 1.165) is 0 Å². The van der Waals surface area contributed by atoms with Crippen LogP contribution in [0.3, 0.4) is 0 Å². The fourth-order valence-electron chi connectivity index (χ4n) is 5.81. The van der Waals surface area contributed by atoms with Gasteiger partial charge in [0.25, 0.3) is 0 Å². The minimum atomic E-state index is -1.93. The summed E-state index contributed by atoms with van der Waals surface area (Å²) >= 11 is 0. The second-order valence-electron chi connectivity index (χ2n) is 11.4. The lowest BCUT2D eigenvalue weighted by atomic mass is 9.86. The Bertz CT molecular complexity index is 959. The molecule has 20 heteroatoms. The Labute approximate surface area is 256 Å². The lowest BCUT2D eigenvalue weighted by molar-refractivity contribution is -0.373. The summed E-state index contributed by atoms with van der Waals surface area (Å²) in [6, 6.07) is -2.17. The van der Waals surface area contributed by atoms with Gasteiger partial charge >= 0.3 is 0 Å². The zero-order chi connectivity index (χ0) is 32.6. The van der Waals surface area contributed by atoms with E-state index in [2.05, 4.69) is 5.32 Å². The maximum Gasteiger partial charge on any atom is 0.187 e. The maximum atomic E-state index is 10.9. The second kappa shape index (κ2) is 15.9. The molecule has 0 radical (unpaired) electrons. The molecule has 1 aliphatic carbocycles. The van der Waals surface area contributed by atoms with Crippen molar-refractivity contribution in [1.82, 2.24) is 5.32 Å². The van der Waals surface area contributed by atoms with Gasteiger partial charge in [0.05, 0.1) is 38.0 Å². The van der Waals surface area contributed by atoms with E-state index in [9.17, 15) is 66.4 Å². The molecule has 0 aromatic carbocycles. The molecule has 3 aliphatic heterocycles. The maximum absolute atomic E-state index is 10.9. The standard InChI is InChI=1S/C25H43NO18.H2O/c1-6-11(26-8-2-7(3-27)12(30)15(33)13(8)31)14(32)19(37)24(40-6)43-22-10(5-29)42-25(20(38)17(22)35)44-21-9(4-28)41-23(39)18(36)16(21)34;/h2,6,8-39H,3-5H2,1H3;1H2/t6-,8+,9-,10-,11-,12-,13+,14+,15+,16-,17-,18-,19-,20-,21-,22-,23-,24-,25-;/m1./s1. The van der Waals surface area contributed by atoms with Crippen LogP contribution in [-0.2, 0) is 23.7 Å². The average Bonchev–Trinajstić information content (AvgIpc) is 3.00. The van der Waals surface area contributed by atoms with Crippen molar-refractivity contribution in [3.05, 3.63) is 11.6 Å². The van der Waals surface area contributed by atoms with Crippen molar-refractivity contribution in [1.29, 1.82) is 0 Å². The van der Waals surface area contributed by atoms with Crippen molar-refractivity contribution in [2.75, 3.05) is 19.8 Å². The first kappa shape index (κ1) is 38.4. The van der Waals surface area contributed by atoms with Crippen molar-refractivity contribution in [2.24, 2.45) is 0 Å². The largest absolute Gasteiger partial charge is 0.412 e. The molecule has 0 amide bonds. The summed E-state index contributed by atoms with van der Waals surface area (Å²) in [5, 5.41) is 136. The SMILES string of the molecule is C[C@H]1O[C@H](O[C@H]2[C@H](O)[C@@H](O)[C@@H](O[C@H]3[C@H](O)[C@@H](O)[C@H](O)O[C@@H]3CO)O[C@@H]2CO)[C@H](O)[C@@H](O)[C@@H]1N[C@H]1C=C(CO)[C@@H](O)[C@H](O)[C@H]1O.O. The van der Waals surface area contributed by atoms with Crippen LogP contribution in [-0.4, -0.2) is 208 Å². The molecule has 3 saturated heterocycles. The van der Waals surface area contributed by atoms with Gasteiger partial charge in [0, 0.05) is 0 Å². The third-order valence-electron chi connectivity index (χ3n) is 8.48. The van der Waals surface area contributed by atoms with E-state index in [1.54, 1.807) is 0 Å². The molecule has 0 saturated carbocycles. The van der Waals surface area contributed by atoms with Crippen LogP contribution in [0.4, 0.5) is 0 Å². The Morgan fingerprint density at radius 2 is 1.16 bits per heavy atom. The molecule has 20 nitrogen and oxygen atoms in total. The van der Waals surface area contributed by atoms with Crippen molar-refractivity contribution < 1.29 is 95.5 Å². The molecule has 0 aromatic rings. The van der Waals surface area contributed by atoms with E-state index < -0.39 is 136 Å². The van der Waals surface area contributed by atoms with Crippen LogP contribution < -0.4 is 5.32 Å². The molecule has 16 N–H and O–H groups in total. The van der Waals surface area contributed by atoms with E-state index in [-0.39, 0.29) is 11.0 Å². The van der Waals surface area contributed by atoms with Crippen molar-refractivity contribution >= 4 is 0 Å². The number of hydrogen-bond acceptors (Lipinski definition) is 19. The van der Waals surface area contributed by atoms with Crippen LogP contribution in [0.2, 0.25) is 0 Å². The number of nitrogens with one attached hydrogen (secondary N) is 1. The Morgan fingerprint density at radius 3 is 1.71 bits per heavy atom. The molecule has 0 unspecified atom stereocenters. The van der Waals surface area contributed by atoms with Crippen molar-refractivity contribution in [3.63, 3.8) is 0 Å². The normalized spacial score (nSPS) is 50.9. The first-order valence-corrected chi connectivity index (χ1v) is 14.1. The monoisotopic (exact) mass is 663 g/mol. The minimum Gasteiger partial charge on any atom is -0.412 e. The molecule has 3 heterocycles. The second-order valence-corrected chi connectivity index (χ2v) is 11.4. The number of hydrogen-bond donors (Lipinski definition) is 14. The van der Waals surface area contributed by atoms with Crippen LogP contribution >= 0.6 is 0 Å². The Balaban J connectivity index is 0.00000552. The zero-order valence-electron chi connectivity index (χ0n) is 24.0. The lowest BCUT2D eigenvalue weighted by Gasteiger charge is -2.48. The molecule has 19 atom stereocenters. The summed E-state index contributed by atoms with van der Waals surface area (Å²) in [7, 11) is 0. The van der Waals surface area contributed by atoms with Gasteiger partial charge in [-0.15, -0.1) is 0 Å². The number of ether oxygens (including phenoxy) is 5. The summed E-state index contributed by atoms with van der Waals surface area (Å²) in [6.07, 6.45) is -26.6. The zero-order valence-corrected chi connectivity index (χ0v) is 24.0. The van der Waals surface area contributed by atoms with Crippen LogP contribution in [0.1, 0.15) is 6.92 Å². The minimum absolute atomic E-state index is 0. The van der Waals surface area contributed by atoms with Gasteiger partial charge in [0.15, 0.2) is 18.9 Å². The molecular weight excluding hydrogens is 618 g/mol. The highest BCUT2D eigenvalue weighted by Crippen LogP contribution is 2.32. The van der Waals surface area contributed by atoms with E-state index in [1.165, 1.54) is 13.0 Å². The first-order chi connectivity index (χ1) is 20.7. The van der Waals surface area contributed by atoms with Crippen LogP contribution in [0.15, 0.2) is 11.6 Å². The Hall–Kier alpha value is -1.06. The van der Waals surface area contributed by atoms with Gasteiger partial charge in [-0.3, -0.25) is 0 Å². The van der Waals surface area contributed by atoms with Gasteiger partial charge in [-0.1, -0.05) is 6.08 Å². The van der Waals surface area contributed by atoms with Gasteiger partial charge in [-0.25, -0.2) is 0 Å². The molecule has 4 rings (SSSR count). The highest BCUT2D eigenvalue weighted by molar-refractivity contribution is 5.22. The van der Waals surface area contributed by atoms with Crippen molar-refractivity contribution in [3.8, 4) is 0 Å². The molecule has 264 valence electrons. The van der Waals surface area contributed by atoms with Crippen LogP contribution in [0, 0.1) is 0 Å². The summed E-state index contributed by atoms with van der Waals surface area (Å²) in [4.78, 5) is 0. The van der Waals surface area contributed by atoms with Crippen LogP contribution in [0.25, 0.3) is 0 Å². The molecular formula is C25H45NO19. The predicted molar refractivity (Wildman–Crippen MR) is 141 cm³/mol. The third kappa shape index (κ3) is 7.66. The van der Waals surface area contributed by atoms with E-state index in [0.29, 0.717) is 0 Å². The highest BCUT2D eigenvalue weighted by atomic mass is 16.7. The molecule has 0 aromatic heterocycles. The van der Waals surface area contributed by atoms with Crippen LogP contribution in [0.5, 0.6) is 0 Å². The average molecular weight is 664 g/mol. The predicted octanol–water partition coefficient (Wildman–Crippen LogP) is -9.39. The fourth-order valence-corrected chi connectivity index (χ4v) is 5.81. The molecule has 3 fully saturated rings. The summed E-state index contributed by atoms with van der Waals surface area (Å²) in [5.41, 5.74) is 0.0225. The van der Waals surface area contributed by atoms with Gasteiger partial charge in [0.2, 0.25) is 0 Å². The van der Waals surface area contributed by atoms with Gasteiger partial charge in [-0.05, 0) is 12.5 Å². The summed E-state index contributed by atoms with van der Waals surface area (Å²) < 4.78 is 27.4. The number of aliphatic hydroxyl groups is 13. The number of aliphatic hydroxyl groups excluding tert-OH is 13. The third-order valence-corrected chi connectivity index (χ3v) is 8.48. The quantitative estimate of drug-likeness (QED) is 0.102. The summed E-state index contributed by atoms with van der Waals surface area (Å²) in [6.45, 7) is -0.753.